The normalized spacial score (nSPS) is 10.7. The largest absolute Gasteiger partial charge is 0.296 e. The molecule has 0 spiro atoms. The van der Waals surface area contributed by atoms with E-state index < -0.39 is 0 Å². The molecule has 5 nitrogen and oxygen atoms in total. The van der Waals surface area contributed by atoms with Crippen LogP contribution in [-0.2, 0) is 0 Å². The number of carbonyl (C=O) groups is 1. The van der Waals surface area contributed by atoms with Crippen LogP contribution in [0.3, 0.4) is 0 Å². The van der Waals surface area contributed by atoms with Crippen molar-refractivity contribution in [2.45, 2.75) is 19.8 Å². The Labute approximate surface area is 113 Å². The Balaban J connectivity index is 2.08. The average molecular weight is 283 g/mol. The van der Waals surface area contributed by atoms with Crippen LogP contribution in [0, 0.1) is 0 Å². The number of hydrogen-bond acceptors (Lipinski definition) is 5. The van der Waals surface area contributed by atoms with Crippen LogP contribution in [0.5, 0.6) is 0 Å². The van der Waals surface area contributed by atoms with Crippen LogP contribution >= 0.6 is 22.9 Å². The van der Waals surface area contributed by atoms with Gasteiger partial charge in [0.2, 0.25) is 0 Å². The van der Waals surface area contributed by atoms with E-state index in [0.717, 1.165) is 5.69 Å². The van der Waals surface area contributed by atoms with Gasteiger partial charge in [0.05, 0.1) is 5.69 Å². The molecule has 2 aromatic heterocycles. The molecule has 2 aromatic rings. The first kappa shape index (κ1) is 12.9. The number of aromatic nitrogens is 3. The summed E-state index contributed by atoms with van der Waals surface area (Å²) in [5, 5.41) is 12.7. The van der Waals surface area contributed by atoms with Crippen molar-refractivity contribution >= 4 is 34.0 Å². The van der Waals surface area contributed by atoms with Crippen molar-refractivity contribution in [3.05, 3.63) is 34.1 Å². The fraction of sp³-hybridized carbons (Fsp3) is 0.273. The first-order chi connectivity index (χ1) is 8.56. The van der Waals surface area contributed by atoms with E-state index in [2.05, 4.69) is 20.5 Å². The molecule has 0 radical (unpaired) electrons. The van der Waals surface area contributed by atoms with Gasteiger partial charge in [0, 0.05) is 5.38 Å². The molecule has 0 aromatic carbocycles. The Morgan fingerprint density at radius 1 is 1.39 bits per heavy atom. The van der Waals surface area contributed by atoms with Crippen LogP contribution in [0.4, 0.5) is 5.13 Å². The van der Waals surface area contributed by atoms with Gasteiger partial charge in [-0.25, -0.2) is 4.98 Å². The summed E-state index contributed by atoms with van der Waals surface area (Å²) in [5.41, 5.74) is 1.16. The fourth-order valence-electron chi connectivity index (χ4n) is 1.21. The molecule has 1 N–H and O–H groups in total. The third-order valence-electron chi connectivity index (χ3n) is 2.20. The molecule has 0 unspecified atom stereocenters. The first-order valence-electron chi connectivity index (χ1n) is 5.32. The summed E-state index contributed by atoms with van der Waals surface area (Å²) in [6, 6.07) is 3.03. The number of hydrogen-bond donors (Lipinski definition) is 1. The predicted octanol–water partition coefficient (Wildman–Crippen LogP) is 2.96. The minimum Gasteiger partial charge on any atom is -0.296 e. The number of thiazole rings is 1. The lowest BCUT2D eigenvalue weighted by Crippen LogP contribution is -2.14. The van der Waals surface area contributed by atoms with Gasteiger partial charge in [-0.15, -0.1) is 21.5 Å². The smallest absolute Gasteiger partial charge is 0.277 e. The van der Waals surface area contributed by atoms with Gasteiger partial charge in [-0.05, 0) is 18.1 Å². The lowest BCUT2D eigenvalue weighted by molar-refractivity contribution is 0.102. The highest BCUT2D eigenvalue weighted by Crippen LogP contribution is 2.21. The highest BCUT2D eigenvalue weighted by molar-refractivity contribution is 7.14. The number of carbonyl (C=O) groups excluding carboxylic acids is 1. The maximum Gasteiger partial charge on any atom is 0.277 e. The van der Waals surface area contributed by atoms with E-state index in [1.807, 2.05) is 19.2 Å². The third kappa shape index (κ3) is 3.02. The Morgan fingerprint density at radius 3 is 2.72 bits per heavy atom. The number of rotatable bonds is 3. The summed E-state index contributed by atoms with van der Waals surface area (Å²) in [7, 11) is 0. The molecule has 18 heavy (non-hydrogen) atoms. The molecule has 2 rings (SSSR count). The minimum absolute atomic E-state index is 0.209. The van der Waals surface area contributed by atoms with E-state index in [-0.39, 0.29) is 16.8 Å². The zero-order valence-electron chi connectivity index (χ0n) is 9.85. The summed E-state index contributed by atoms with van der Waals surface area (Å²) < 4.78 is 0. The molecular formula is C11H11ClN4OS. The van der Waals surface area contributed by atoms with E-state index >= 15 is 0 Å². The van der Waals surface area contributed by atoms with Gasteiger partial charge in [-0.2, -0.15) is 0 Å². The third-order valence-corrected chi connectivity index (χ3v) is 3.18. The molecule has 0 aliphatic rings. The predicted molar refractivity (Wildman–Crippen MR) is 71.2 cm³/mol. The summed E-state index contributed by atoms with van der Waals surface area (Å²) in [5.74, 6) is -0.00829. The molecule has 2 heterocycles. The minimum atomic E-state index is -0.344. The monoisotopic (exact) mass is 282 g/mol. The average Bonchev–Trinajstić information content (AvgIpc) is 2.78. The number of amides is 1. The van der Waals surface area contributed by atoms with Crippen molar-refractivity contribution in [2.24, 2.45) is 0 Å². The first-order valence-corrected chi connectivity index (χ1v) is 6.58. The molecule has 0 bridgehead atoms. The zero-order valence-corrected chi connectivity index (χ0v) is 11.4. The van der Waals surface area contributed by atoms with E-state index in [4.69, 9.17) is 11.6 Å². The summed E-state index contributed by atoms with van der Waals surface area (Å²) in [6.45, 7) is 4.09. The lowest BCUT2D eigenvalue weighted by Gasteiger charge is -2.00. The second-order valence-electron chi connectivity index (χ2n) is 3.93. The second kappa shape index (κ2) is 5.41. The quantitative estimate of drug-likeness (QED) is 0.940. The Bertz CT molecular complexity index is 552. The van der Waals surface area contributed by atoms with Crippen LogP contribution < -0.4 is 5.32 Å². The van der Waals surface area contributed by atoms with Crippen LogP contribution in [0.2, 0.25) is 5.15 Å². The van der Waals surface area contributed by atoms with Crippen molar-refractivity contribution in [3.8, 4) is 0 Å². The Morgan fingerprint density at radius 2 is 2.17 bits per heavy atom. The number of anilines is 1. The molecule has 7 heteroatoms. The van der Waals surface area contributed by atoms with Gasteiger partial charge in [0.1, 0.15) is 0 Å². The van der Waals surface area contributed by atoms with Crippen molar-refractivity contribution in [1.82, 2.24) is 15.2 Å². The van der Waals surface area contributed by atoms with Crippen molar-refractivity contribution in [2.75, 3.05) is 5.32 Å². The molecule has 94 valence electrons. The van der Waals surface area contributed by atoms with Gasteiger partial charge in [0.25, 0.3) is 5.91 Å². The Hall–Kier alpha value is -1.53. The van der Waals surface area contributed by atoms with Gasteiger partial charge < -0.3 is 0 Å². The maximum absolute atomic E-state index is 11.8. The molecule has 0 aliphatic heterocycles. The lowest BCUT2D eigenvalue weighted by atomic mass is 10.2. The van der Waals surface area contributed by atoms with Crippen LogP contribution in [0.15, 0.2) is 17.5 Å². The number of halogens is 1. The van der Waals surface area contributed by atoms with Crippen LogP contribution in [-0.4, -0.2) is 21.1 Å². The molecule has 0 saturated carbocycles. The standard InChI is InChI=1S/C11H11ClN4OS/c1-6(2)8-5-18-11(13-8)14-10(17)7-3-4-9(12)16-15-7/h3-6H,1-2H3,(H,13,14,17). The number of nitrogens with zero attached hydrogens (tertiary/aromatic N) is 3. The molecule has 1 amide bonds. The van der Waals surface area contributed by atoms with Gasteiger partial charge in [-0.3, -0.25) is 10.1 Å². The topological polar surface area (TPSA) is 67.8 Å². The summed E-state index contributed by atoms with van der Waals surface area (Å²) in [6.07, 6.45) is 0. The molecule has 0 aliphatic carbocycles. The summed E-state index contributed by atoms with van der Waals surface area (Å²) in [4.78, 5) is 16.1. The molecular weight excluding hydrogens is 272 g/mol. The maximum atomic E-state index is 11.8. The van der Waals surface area contributed by atoms with Crippen molar-refractivity contribution < 1.29 is 4.79 Å². The zero-order chi connectivity index (χ0) is 13.1. The van der Waals surface area contributed by atoms with E-state index in [1.165, 1.54) is 23.5 Å². The van der Waals surface area contributed by atoms with Crippen LogP contribution in [0.1, 0.15) is 35.9 Å². The Kier molecular flexibility index (Phi) is 3.88. The molecule has 0 saturated heterocycles. The second-order valence-corrected chi connectivity index (χ2v) is 5.17. The SMILES string of the molecule is CC(C)c1csc(NC(=O)c2ccc(Cl)nn2)n1. The highest BCUT2D eigenvalue weighted by Gasteiger charge is 2.11. The van der Waals surface area contributed by atoms with Crippen molar-refractivity contribution in [3.63, 3.8) is 0 Å². The fourth-order valence-corrected chi connectivity index (χ4v) is 2.17. The van der Waals surface area contributed by atoms with Crippen molar-refractivity contribution in [1.29, 1.82) is 0 Å². The highest BCUT2D eigenvalue weighted by atomic mass is 35.5. The van der Waals surface area contributed by atoms with E-state index in [0.29, 0.717) is 11.0 Å². The number of nitrogens with one attached hydrogen (secondary N) is 1. The van der Waals surface area contributed by atoms with Gasteiger partial charge >= 0.3 is 0 Å². The molecule has 0 fully saturated rings. The molecule has 0 atom stereocenters. The van der Waals surface area contributed by atoms with E-state index in [1.54, 1.807) is 0 Å². The van der Waals surface area contributed by atoms with Gasteiger partial charge in [0.15, 0.2) is 16.0 Å². The van der Waals surface area contributed by atoms with Crippen LogP contribution in [0.25, 0.3) is 0 Å². The van der Waals surface area contributed by atoms with Gasteiger partial charge in [-0.1, -0.05) is 25.4 Å². The van der Waals surface area contributed by atoms with E-state index in [9.17, 15) is 4.79 Å². The summed E-state index contributed by atoms with van der Waals surface area (Å²) >= 11 is 6.99.